The van der Waals surface area contributed by atoms with E-state index in [-0.39, 0.29) is 17.2 Å². The topological polar surface area (TPSA) is 77.4 Å². The molecular weight excluding hydrogens is 324 g/mol. The fourth-order valence-electron chi connectivity index (χ4n) is 2.37. The highest BCUT2D eigenvalue weighted by atomic mass is 16.5. The Hall–Kier alpha value is -3.02. The third-order valence-electron chi connectivity index (χ3n) is 3.59. The summed E-state index contributed by atoms with van der Waals surface area (Å²) in [5.74, 6) is 1.28. The Morgan fingerprint density at radius 1 is 0.840 bits per heavy atom. The van der Waals surface area contributed by atoms with E-state index < -0.39 is 0 Å². The highest BCUT2D eigenvalue weighted by Gasteiger charge is 2.13. The van der Waals surface area contributed by atoms with Crippen molar-refractivity contribution in [2.75, 3.05) is 27.9 Å². The number of methoxy groups -OCH3 is 3. The molecule has 0 atom stereocenters. The second kappa shape index (κ2) is 8.19. The van der Waals surface area contributed by atoms with E-state index in [1.54, 1.807) is 57.6 Å². The predicted molar refractivity (Wildman–Crippen MR) is 96.0 cm³/mol. The lowest BCUT2D eigenvalue weighted by atomic mass is 10.1. The zero-order valence-electron chi connectivity index (χ0n) is 14.7. The lowest BCUT2D eigenvalue weighted by Crippen LogP contribution is -1.95. The van der Waals surface area contributed by atoms with Crippen LogP contribution in [0.1, 0.15) is 18.1 Å². The average Bonchev–Trinajstić information content (AvgIpc) is 2.63. The molecule has 0 amide bonds. The van der Waals surface area contributed by atoms with Crippen LogP contribution < -0.4 is 18.9 Å². The van der Waals surface area contributed by atoms with Gasteiger partial charge < -0.3 is 29.2 Å². The first-order valence-electron chi connectivity index (χ1n) is 7.71. The van der Waals surface area contributed by atoms with E-state index >= 15 is 0 Å². The van der Waals surface area contributed by atoms with E-state index in [2.05, 4.69) is 0 Å². The van der Waals surface area contributed by atoms with E-state index in [4.69, 9.17) is 18.9 Å². The standard InChI is InChI=1S/C19H22O6/c1-5-25-14-9-8-13(17(20)18(14)21)7-6-12-10-15(22-2)19(24-4)16(11-12)23-3/h6-11,20-21H,5H2,1-4H3. The molecule has 0 aliphatic carbocycles. The van der Waals surface area contributed by atoms with Gasteiger partial charge in [-0.2, -0.15) is 0 Å². The number of hydrogen-bond donors (Lipinski definition) is 2. The number of hydrogen-bond acceptors (Lipinski definition) is 6. The predicted octanol–water partition coefficient (Wildman–Crippen LogP) is 3.69. The summed E-state index contributed by atoms with van der Waals surface area (Å²) in [6, 6.07) is 6.83. The van der Waals surface area contributed by atoms with Crippen molar-refractivity contribution in [1.29, 1.82) is 0 Å². The molecule has 0 aromatic heterocycles. The van der Waals surface area contributed by atoms with Gasteiger partial charge in [-0.25, -0.2) is 0 Å². The van der Waals surface area contributed by atoms with E-state index in [0.717, 1.165) is 5.56 Å². The molecule has 0 unspecified atom stereocenters. The number of aromatic hydroxyl groups is 2. The van der Waals surface area contributed by atoms with Crippen LogP contribution in [-0.2, 0) is 0 Å². The van der Waals surface area contributed by atoms with Crippen LogP contribution in [0.2, 0.25) is 0 Å². The molecule has 25 heavy (non-hydrogen) atoms. The quantitative estimate of drug-likeness (QED) is 0.588. The van der Waals surface area contributed by atoms with Crippen molar-refractivity contribution < 1.29 is 29.2 Å². The molecule has 2 rings (SSSR count). The molecule has 6 nitrogen and oxygen atoms in total. The minimum absolute atomic E-state index is 0.241. The maximum absolute atomic E-state index is 10.1. The third-order valence-corrected chi connectivity index (χ3v) is 3.59. The van der Waals surface area contributed by atoms with Gasteiger partial charge in [-0.1, -0.05) is 12.2 Å². The second-order valence-corrected chi connectivity index (χ2v) is 5.08. The smallest absolute Gasteiger partial charge is 0.203 e. The molecule has 0 heterocycles. The molecule has 0 saturated heterocycles. The molecule has 0 saturated carbocycles. The van der Waals surface area contributed by atoms with Crippen molar-refractivity contribution in [3.05, 3.63) is 35.4 Å². The van der Waals surface area contributed by atoms with Gasteiger partial charge in [-0.05, 0) is 36.8 Å². The molecule has 0 bridgehead atoms. The summed E-state index contributed by atoms with van der Waals surface area (Å²) >= 11 is 0. The van der Waals surface area contributed by atoms with Crippen LogP contribution in [-0.4, -0.2) is 38.1 Å². The Balaban J connectivity index is 2.38. The second-order valence-electron chi connectivity index (χ2n) is 5.08. The summed E-state index contributed by atoms with van der Waals surface area (Å²) in [7, 11) is 4.62. The molecule has 2 N–H and O–H groups in total. The summed E-state index contributed by atoms with van der Waals surface area (Å²) < 4.78 is 21.2. The van der Waals surface area contributed by atoms with Crippen molar-refractivity contribution >= 4 is 12.2 Å². The lowest BCUT2D eigenvalue weighted by molar-refractivity contribution is 0.308. The van der Waals surface area contributed by atoms with Crippen LogP contribution in [0.15, 0.2) is 24.3 Å². The van der Waals surface area contributed by atoms with Crippen molar-refractivity contribution in [3.8, 4) is 34.5 Å². The first kappa shape index (κ1) is 18.3. The van der Waals surface area contributed by atoms with Gasteiger partial charge in [0, 0.05) is 5.56 Å². The maximum Gasteiger partial charge on any atom is 0.203 e. The summed E-state index contributed by atoms with van der Waals surface area (Å²) in [6.07, 6.45) is 3.44. The molecular formula is C19H22O6. The Kier molecular flexibility index (Phi) is 6.00. The molecule has 134 valence electrons. The summed E-state index contributed by atoms with van der Waals surface area (Å²) in [5.41, 5.74) is 1.23. The minimum atomic E-state index is -0.283. The third kappa shape index (κ3) is 3.91. The highest BCUT2D eigenvalue weighted by molar-refractivity contribution is 5.77. The van der Waals surface area contributed by atoms with Gasteiger partial charge >= 0.3 is 0 Å². The van der Waals surface area contributed by atoms with Crippen molar-refractivity contribution in [3.63, 3.8) is 0 Å². The van der Waals surface area contributed by atoms with Crippen molar-refractivity contribution in [1.82, 2.24) is 0 Å². The number of phenolic OH excluding ortho intramolecular Hbond substituents is 2. The van der Waals surface area contributed by atoms with Crippen LogP contribution in [0.25, 0.3) is 12.2 Å². The number of rotatable bonds is 7. The van der Waals surface area contributed by atoms with E-state index in [1.165, 1.54) is 7.11 Å². The zero-order chi connectivity index (χ0) is 18.4. The average molecular weight is 346 g/mol. The minimum Gasteiger partial charge on any atom is -0.504 e. The summed E-state index contributed by atoms with van der Waals surface area (Å²) in [6.45, 7) is 2.20. The molecule has 2 aromatic rings. The van der Waals surface area contributed by atoms with Crippen molar-refractivity contribution in [2.45, 2.75) is 6.92 Å². The van der Waals surface area contributed by atoms with Gasteiger partial charge in [0.2, 0.25) is 11.5 Å². The van der Waals surface area contributed by atoms with Gasteiger partial charge in [-0.3, -0.25) is 0 Å². The Morgan fingerprint density at radius 2 is 1.48 bits per heavy atom. The summed E-state index contributed by atoms with van der Waals surface area (Å²) in [4.78, 5) is 0. The van der Waals surface area contributed by atoms with Crippen LogP contribution in [0, 0.1) is 0 Å². The number of ether oxygens (including phenoxy) is 4. The van der Waals surface area contributed by atoms with Gasteiger partial charge in [0.1, 0.15) is 0 Å². The Bertz CT molecular complexity index is 742. The normalized spacial score (nSPS) is 10.7. The largest absolute Gasteiger partial charge is 0.504 e. The van der Waals surface area contributed by atoms with Crippen molar-refractivity contribution in [2.24, 2.45) is 0 Å². The number of benzene rings is 2. The fourth-order valence-corrected chi connectivity index (χ4v) is 2.37. The van der Waals surface area contributed by atoms with Crippen LogP contribution in [0.4, 0.5) is 0 Å². The molecule has 0 fully saturated rings. The lowest BCUT2D eigenvalue weighted by Gasteiger charge is -2.13. The van der Waals surface area contributed by atoms with Gasteiger partial charge in [0.15, 0.2) is 23.0 Å². The number of phenols is 2. The van der Waals surface area contributed by atoms with Crippen LogP contribution in [0.3, 0.4) is 0 Å². The van der Waals surface area contributed by atoms with Gasteiger partial charge in [0.05, 0.1) is 27.9 Å². The van der Waals surface area contributed by atoms with Crippen LogP contribution in [0.5, 0.6) is 34.5 Å². The first-order valence-corrected chi connectivity index (χ1v) is 7.71. The van der Waals surface area contributed by atoms with Gasteiger partial charge in [-0.15, -0.1) is 0 Å². The van der Waals surface area contributed by atoms with Crippen LogP contribution >= 0.6 is 0 Å². The summed E-state index contributed by atoms with van der Waals surface area (Å²) in [5, 5.41) is 20.1. The van der Waals surface area contributed by atoms with E-state index in [1.807, 2.05) is 0 Å². The zero-order valence-corrected chi connectivity index (χ0v) is 14.7. The van der Waals surface area contributed by atoms with E-state index in [0.29, 0.717) is 29.4 Å². The monoisotopic (exact) mass is 346 g/mol. The maximum atomic E-state index is 10.1. The molecule has 6 heteroatoms. The highest BCUT2D eigenvalue weighted by Crippen LogP contribution is 2.40. The van der Waals surface area contributed by atoms with Gasteiger partial charge in [0.25, 0.3) is 0 Å². The molecule has 0 spiro atoms. The van der Waals surface area contributed by atoms with E-state index in [9.17, 15) is 10.2 Å². The SMILES string of the molecule is CCOc1ccc(C=Cc2cc(OC)c(OC)c(OC)c2)c(O)c1O. The molecule has 0 radical (unpaired) electrons. The Labute approximate surface area is 146 Å². The molecule has 0 aliphatic heterocycles. The fraction of sp³-hybridized carbons (Fsp3) is 0.263. The Morgan fingerprint density at radius 3 is 2.00 bits per heavy atom. The molecule has 2 aromatic carbocycles. The first-order chi connectivity index (χ1) is 12.0. The molecule has 0 aliphatic rings.